The molecule has 1 fully saturated rings. The van der Waals surface area contributed by atoms with Crippen molar-refractivity contribution in [2.75, 3.05) is 13.6 Å². The van der Waals surface area contributed by atoms with Gasteiger partial charge >= 0.3 is 0 Å². The molecular weight excluding hydrogens is 198 g/mol. The highest BCUT2D eigenvalue weighted by atomic mass is 16.5. The summed E-state index contributed by atoms with van der Waals surface area (Å²) in [5.41, 5.74) is 1.43. The van der Waals surface area contributed by atoms with E-state index in [-0.39, 0.29) is 6.10 Å². The highest BCUT2D eigenvalue weighted by molar-refractivity contribution is 5.34. The molecule has 16 heavy (non-hydrogen) atoms. The lowest BCUT2D eigenvalue weighted by Gasteiger charge is -2.10. The molecular formula is C14H21NO. The monoisotopic (exact) mass is 219 g/mol. The average molecular weight is 219 g/mol. The molecule has 88 valence electrons. The molecule has 2 unspecified atom stereocenters. The van der Waals surface area contributed by atoms with Crippen LogP contribution in [0.5, 0.6) is 5.75 Å². The van der Waals surface area contributed by atoms with E-state index in [9.17, 15) is 0 Å². The van der Waals surface area contributed by atoms with Crippen LogP contribution in [-0.4, -0.2) is 19.7 Å². The van der Waals surface area contributed by atoms with Crippen LogP contribution >= 0.6 is 0 Å². The Morgan fingerprint density at radius 2 is 2.25 bits per heavy atom. The highest BCUT2D eigenvalue weighted by Gasteiger charge is 2.37. The standard InChI is InChI=1S/C14H21NO/c1-10(2)16-13-6-4-5-11(7-13)14-8-12(14)9-15-3/h4-7,10,12,14-15H,8-9H2,1-3H3. The van der Waals surface area contributed by atoms with Gasteiger partial charge in [0.1, 0.15) is 5.75 Å². The lowest BCUT2D eigenvalue weighted by Crippen LogP contribution is -2.10. The van der Waals surface area contributed by atoms with E-state index in [0.717, 1.165) is 24.1 Å². The van der Waals surface area contributed by atoms with E-state index in [1.54, 1.807) is 0 Å². The molecule has 0 radical (unpaired) electrons. The fourth-order valence-electron chi connectivity index (χ4n) is 2.23. The molecule has 2 rings (SSSR count). The van der Waals surface area contributed by atoms with Crippen molar-refractivity contribution in [1.29, 1.82) is 0 Å². The van der Waals surface area contributed by atoms with E-state index in [1.165, 1.54) is 12.0 Å². The second kappa shape index (κ2) is 4.88. The third kappa shape index (κ3) is 2.76. The first kappa shape index (κ1) is 11.5. The van der Waals surface area contributed by atoms with Crippen LogP contribution in [0.15, 0.2) is 24.3 Å². The maximum Gasteiger partial charge on any atom is 0.119 e. The van der Waals surface area contributed by atoms with Crippen LogP contribution in [0.1, 0.15) is 31.7 Å². The quantitative estimate of drug-likeness (QED) is 0.822. The topological polar surface area (TPSA) is 21.3 Å². The molecule has 0 spiro atoms. The first-order valence-corrected chi connectivity index (χ1v) is 6.12. The van der Waals surface area contributed by atoms with Gasteiger partial charge in [0.05, 0.1) is 6.10 Å². The van der Waals surface area contributed by atoms with Crippen molar-refractivity contribution in [3.05, 3.63) is 29.8 Å². The van der Waals surface area contributed by atoms with Crippen molar-refractivity contribution in [2.45, 2.75) is 32.3 Å². The number of hydrogen-bond acceptors (Lipinski definition) is 2. The highest BCUT2D eigenvalue weighted by Crippen LogP contribution is 2.47. The first-order chi connectivity index (χ1) is 7.70. The summed E-state index contributed by atoms with van der Waals surface area (Å²) in [4.78, 5) is 0. The lowest BCUT2D eigenvalue weighted by molar-refractivity contribution is 0.242. The Kier molecular flexibility index (Phi) is 3.49. The van der Waals surface area contributed by atoms with Crippen LogP contribution in [0, 0.1) is 5.92 Å². The van der Waals surface area contributed by atoms with Crippen LogP contribution in [0.4, 0.5) is 0 Å². The smallest absolute Gasteiger partial charge is 0.119 e. The molecule has 0 heterocycles. The van der Waals surface area contributed by atoms with Gasteiger partial charge in [0.15, 0.2) is 0 Å². The van der Waals surface area contributed by atoms with Crippen molar-refractivity contribution >= 4 is 0 Å². The zero-order chi connectivity index (χ0) is 11.5. The Hall–Kier alpha value is -1.02. The molecule has 2 nitrogen and oxygen atoms in total. The number of nitrogens with one attached hydrogen (secondary N) is 1. The van der Waals surface area contributed by atoms with Gasteiger partial charge in [-0.05, 0) is 63.4 Å². The molecule has 0 aliphatic heterocycles. The zero-order valence-electron chi connectivity index (χ0n) is 10.4. The van der Waals surface area contributed by atoms with Gasteiger partial charge in [-0.1, -0.05) is 12.1 Å². The number of ether oxygens (including phenoxy) is 1. The molecule has 0 amide bonds. The van der Waals surface area contributed by atoms with Crippen molar-refractivity contribution in [3.8, 4) is 5.75 Å². The summed E-state index contributed by atoms with van der Waals surface area (Å²) in [7, 11) is 2.02. The number of hydrogen-bond donors (Lipinski definition) is 1. The maximum atomic E-state index is 5.71. The molecule has 1 aromatic rings. The molecule has 1 aromatic carbocycles. The van der Waals surface area contributed by atoms with Gasteiger partial charge in [-0.2, -0.15) is 0 Å². The molecule has 2 atom stereocenters. The van der Waals surface area contributed by atoms with Gasteiger partial charge in [0, 0.05) is 0 Å². The molecule has 1 N–H and O–H groups in total. The third-order valence-corrected chi connectivity index (χ3v) is 3.05. The van der Waals surface area contributed by atoms with Crippen LogP contribution in [0.2, 0.25) is 0 Å². The van der Waals surface area contributed by atoms with Gasteiger partial charge in [-0.15, -0.1) is 0 Å². The summed E-state index contributed by atoms with van der Waals surface area (Å²) >= 11 is 0. The molecule has 0 saturated heterocycles. The molecule has 2 heteroatoms. The predicted molar refractivity (Wildman–Crippen MR) is 67.0 cm³/mol. The second-order valence-corrected chi connectivity index (χ2v) is 4.90. The Bertz CT molecular complexity index is 348. The van der Waals surface area contributed by atoms with E-state index in [0.29, 0.717) is 0 Å². The first-order valence-electron chi connectivity index (χ1n) is 6.12. The predicted octanol–water partition coefficient (Wildman–Crippen LogP) is 2.80. The zero-order valence-corrected chi connectivity index (χ0v) is 10.4. The Labute approximate surface area is 98.0 Å². The van der Waals surface area contributed by atoms with Gasteiger partial charge < -0.3 is 10.1 Å². The largest absolute Gasteiger partial charge is 0.491 e. The fourth-order valence-corrected chi connectivity index (χ4v) is 2.23. The van der Waals surface area contributed by atoms with E-state index in [1.807, 2.05) is 13.1 Å². The fraction of sp³-hybridized carbons (Fsp3) is 0.571. The van der Waals surface area contributed by atoms with Crippen molar-refractivity contribution < 1.29 is 4.74 Å². The minimum Gasteiger partial charge on any atom is -0.491 e. The average Bonchev–Trinajstić information content (AvgIpc) is 2.97. The summed E-state index contributed by atoms with van der Waals surface area (Å²) in [6.07, 6.45) is 1.56. The molecule has 1 aliphatic carbocycles. The van der Waals surface area contributed by atoms with Crippen LogP contribution < -0.4 is 10.1 Å². The van der Waals surface area contributed by atoms with Gasteiger partial charge in [0.25, 0.3) is 0 Å². The van der Waals surface area contributed by atoms with Gasteiger partial charge in [0.2, 0.25) is 0 Å². The van der Waals surface area contributed by atoms with Crippen LogP contribution in [0.3, 0.4) is 0 Å². The summed E-state index contributed by atoms with van der Waals surface area (Å²) in [6, 6.07) is 8.55. The van der Waals surface area contributed by atoms with Crippen molar-refractivity contribution in [3.63, 3.8) is 0 Å². The molecule has 1 saturated carbocycles. The summed E-state index contributed by atoms with van der Waals surface area (Å²) in [5.74, 6) is 2.56. The SMILES string of the molecule is CNCC1CC1c1cccc(OC(C)C)c1. The van der Waals surface area contributed by atoms with Crippen molar-refractivity contribution in [2.24, 2.45) is 5.92 Å². The normalized spacial score (nSPS) is 23.5. The summed E-state index contributed by atoms with van der Waals surface area (Å²) < 4.78 is 5.71. The Morgan fingerprint density at radius 3 is 2.94 bits per heavy atom. The number of rotatable bonds is 5. The molecule has 0 bridgehead atoms. The lowest BCUT2D eigenvalue weighted by atomic mass is 10.1. The maximum absolute atomic E-state index is 5.71. The van der Waals surface area contributed by atoms with Gasteiger partial charge in [-0.3, -0.25) is 0 Å². The molecule has 0 aromatic heterocycles. The van der Waals surface area contributed by atoms with Gasteiger partial charge in [-0.25, -0.2) is 0 Å². The van der Waals surface area contributed by atoms with E-state index < -0.39 is 0 Å². The van der Waals surface area contributed by atoms with E-state index in [4.69, 9.17) is 4.74 Å². The Balaban J connectivity index is 2.00. The second-order valence-electron chi connectivity index (χ2n) is 4.90. The number of benzene rings is 1. The summed E-state index contributed by atoms with van der Waals surface area (Å²) in [5, 5.41) is 3.24. The van der Waals surface area contributed by atoms with E-state index >= 15 is 0 Å². The Morgan fingerprint density at radius 1 is 1.44 bits per heavy atom. The summed E-state index contributed by atoms with van der Waals surface area (Å²) in [6.45, 7) is 5.25. The third-order valence-electron chi connectivity index (χ3n) is 3.05. The minimum atomic E-state index is 0.252. The van der Waals surface area contributed by atoms with Crippen LogP contribution in [-0.2, 0) is 0 Å². The van der Waals surface area contributed by atoms with E-state index in [2.05, 4.69) is 37.4 Å². The van der Waals surface area contributed by atoms with Crippen LogP contribution in [0.25, 0.3) is 0 Å². The molecule has 1 aliphatic rings. The minimum absolute atomic E-state index is 0.252. The van der Waals surface area contributed by atoms with Crippen molar-refractivity contribution in [1.82, 2.24) is 5.32 Å².